The fourth-order valence-electron chi connectivity index (χ4n) is 1.15. The summed E-state index contributed by atoms with van der Waals surface area (Å²) >= 11 is 0. The number of hydrogen-bond donors (Lipinski definition) is 0. The Morgan fingerprint density at radius 3 is 2.27 bits per heavy atom. The van der Waals surface area contributed by atoms with Gasteiger partial charge in [0.1, 0.15) is 0 Å². The Balaban J connectivity index is 3.13. The summed E-state index contributed by atoms with van der Waals surface area (Å²) in [6.07, 6.45) is 0. The van der Waals surface area contributed by atoms with Crippen LogP contribution < -0.4 is 0 Å². The molecular formula is C9H14N2. The molecule has 0 aliphatic heterocycles. The summed E-state index contributed by atoms with van der Waals surface area (Å²) in [5.41, 5.74) is 3.35. The minimum atomic E-state index is 0.546. The van der Waals surface area contributed by atoms with Crippen molar-refractivity contribution in [3.05, 3.63) is 23.0 Å². The summed E-state index contributed by atoms with van der Waals surface area (Å²) in [5, 5.41) is 8.02. The van der Waals surface area contributed by atoms with Crippen molar-refractivity contribution in [3.8, 4) is 0 Å². The SMILES string of the molecule is Cc1cc(C(C)C)c(C)nn1. The van der Waals surface area contributed by atoms with E-state index in [-0.39, 0.29) is 0 Å². The van der Waals surface area contributed by atoms with Gasteiger partial charge in [-0.25, -0.2) is 0 Å². The van der Waals surface area contributed by atoms with Crippen LogP contribution in [-0.4, -0.2) is 10.2 Å². The monoisotopic (exact) mass is 150 g/mol. The Labute approximate surface area is 67.7 Å². The first-order valence-electron chi connectivity index (χ1n) is 3.92. The highest BCUT2D eigenvalue weighted by atomic mass is 15.1. The topological polar surface area (TPSA) is 25.8 Å². The quantitative estimate of drug-likeness (QED) is 0.613. The normalized spacial score (nSPS) is 10.6. The third-order valence-corrected chi connectivity index (χ3v) is 1.76. The van der Waals surface area contributed by atoms with Crippen LogP contribution in [0.25, 0.3) is 0 Å². The lowest BCUT2D eigenvalue weighted by atomic mass is 10.0. The molecule has 0 amide bonds. The summed E-state index contributed by atoms with van der Waals surface area (Å²) in [6.45, 7) is 8.31. The molecule has 1 aromatic heterocycles. The van der Waals surface area contributed by atoms with E-state index in [1.54, 1.807) is 0 Å². The molecule has 0 spiro atoms. The highest BCUT2D eigenvalue weighted by Gasteiger charge is 2.04. The lowest BCUT2D eigenvalue weighted by Gasteiger charge is -2.07. The molecule has 1 heterocycles. The maximum atomic E-state index is 4.05. The molecule has 0 aliphatic carbocycles. The van der Waals surface area contributed by atoms with Gasteiger partial charge in [0.2, 0.25) is 0 Å². The third kappa shape index (κ3) is 1.76. The summed E-state index contributed by atoms with van der Waals surface area (Å²) in [6, 6.07) is 2.10. The minimum absolute atomic E-state index is 0.546. The first kappa shape index (κ1) is 8.18. The molecular weight excluding hydrogens is 136 g/mol. The molecule has 0 N–H and O–H groups in total. The fourth-order valence-corrected chi connectivity index (χ4v) is 1.15. The van der Waals surface area contributed by atoms with E-state index < -0.39 is 0 Å². The van der Waals surface area contributed by atoms with Crippen LogP contribution in [0.15, 0.2) is 6.07 Å². The predicted octanol–water partition coefficient (Wildman–Crippen LogP) is 2.22. The molecule has 0 radical (unpaired) electrons. The molecule has 0 saturated carbocycles. The van der Waals surface area contributed by atoms with E-state index in [9.17, 15) is 0 Å². The Morgan fingerprint density at radius 2 is 1.82 bits per heavy atom. The molecule has 2 nitrogen and oxygen atoms in total. The minimum Gasteiger partial charge on any atom is -0.156 e. The molecule has 1 aromatic rings. The highest BCUT2D eigenvalue weighted by Crippen LogP contribution is 2.16. The van der Waals surface area contributed by atoms with Gasteiger partial charge in [-0.1, -0.05) is 13.8 Å². The molecule has 0 atom stereocenters. The molecule has 60 valence electrons. The van der Waals surface area contributed by atoms with E-state index in [4.69, 9.17) is 0 Å². The number of aromatic nitrogens is 2. The van der Waals surface area contributed by atoms with Gasteiger partial charge < -0.3 is 0 Å². The number of aryl methyl sites for hydroxylation is 2. The van der Waals surface area contributed by atoms with E-state index in [0.29, 0.717) is 5.92 Å². The smallest absolute Gasteiger partial charge is 0.0634 e. The van der Waals surface area contributed by atoms with Crippen LogP contribution in [-0.2, 0) is 0 Å². The Hall–Kier alpha value is -0.920. The Bertz CT molecular complexity index is 254. The average Bonchev–Trinajstić information content (AvgIpc) is 1.94. The first-order chi connectivity index (χ1) is 5.11. The Morgan fingerprint density at radius 1 is 1.18 bits per heavy atom. The summed E-state index contributed by atoms with van der Waals surface area (Å²) in [7, 11) is 0. The van der Waals surface area contributed by atoms with Crippen LogP contribution in [0.5, 0.6) is 0 Å². The molecule has 0 aromatic carbocycles. The molecule has 2 heteroatoms. The number of nitrogens with zero attached hydrogens (tertiary/aromatic N) is 2. The molecule has 11 heavy (non-hydrogen) atoms. The van der Waals surface area contributed by atoms with Gasteiger partial charge >= 0.3 is 0 Å². The predicted molar refractivity (Wildman–Crippen MR) is 45.6 cm³/mol. The molecule has 0 fully saturated rings. The van der Waals surface area contributed by atoms with Gasteiger partial charge in [0.05, 0.1) is 11.4 Å². The van der Waals surface area contributed by atoms with Crippen molar-refractivity contribution >= 4 is 0 Å². The zero-order valence-electron chi connectivity index (χ0n) is 7.55. The van der Waals surface area contributed by atoms with Crippen LogP contribution in [0.4, 0.5) is 0 Å². The van der Waals surface area contributed by atoms with Gasteiger partial charge in [-0.05, 0) is 31.4 Å². The number of rotatable bonds is 1. The Kier molecular flexibility index (Phi) is 2.22. The van der Waals surface area contributed by atoms with Crippen molar-refractivity contribution in [1.82, 2.24) is 10.2 Å². The van der Waals surface area contributed by atoms with E-state index in [1.807, 2.05) is 13.8 Å². The first-order valence-corrected chi connectivity index (χ1v) is 3.92. The summed E-state index contributed by atoms with van der Waals surface area (Å²) < 4.78 is 0. The van der Waals surface area contributed by atoms with Gasteiger partial charge in [-0.3, -0.25) is 0 Å². The van der Waals surface area contributed by atoms with Crippen molar-refractivity contribution in [1.29, 1.82) is 0 Å². The van der Waals surface area contributed by atoms with Crippen molar-refractivity contribution in [2.75, 3.05) is 0 Å². The van der Waals surface area contributed by atoms with Crippen LogP contribution in [0.2, 0.25) is 0 Å². The number of hydrogen-bond acceptors (Lipinski definition) is 2. The van der Waals surface area contributed by atoms with Gasteiger partial charge in [-0.15, -0.1) is 0 Å². The van der Waals surface area contributed by atoms with Crippen LogP contribution in [0.3, 0.4) is 0 Å². The average molecular weight is 150 g/mol. The van der Waals surface area contributed by atoms with Crippen LogP contribution in [0, 0.1) is 13.8 Å². The molecule has 0 aliphatic rings. The molecule has 0 saturated heterocycles. The zero-order chi connectivity index (χ0) is 8.43. The van der Waals surface area contributed by atoms with Crippen molar-refractivity contribution in [3.63, 3.8) is 0 Å². The second kappa shape index (κ2) is 2.99. The lowest BCUT2D eigenvalue weighted by Crippen LogP contribution is -1.98. The molecule has 0 bridgehead atoms. The van der Waals surface area contributed by atoms with Crippen molar-refractivity contribution in [2.24, 2.45) is 0 Å². The second-order valence-corrected chi connectivity index (χ2v) is 3.18. The van der Waals surface area contributed by atoms with Crippen LogP contribution in [0.1, 0.15) is 36.7 Å². The molecule has 0 unspecified atom stereocenters. The lowest BCUT2D eigenvalue weighted by molar-refractivity contribution is 0.809. The molecule has 1 rings (SSSR count). The maximum absolute atomic E-state index is 4.05. The van der Waals surface area contributed by atoms with Gasteiger partial charge in [0.15, 0.2) is 0 Å². The van der Waals surface area contributed by atoms with Crippen molar-refractivity contribution < 1.29 is 0 Å². The van der Waals surface area contributed by atoms with E-state index >= 15 is 0 Å². The maximum Gasteiger partial charge on any atom is 0.0634 e. The highest BCUT2D eigenvalue weighted by molar-refractivity contribution is 5.22. The van der Waals surface area contributed by atoms with Crippen LogP contribution >= 0.6 is 0 Å². The second-order valence-electron chi connectivity index (χ2n) is 3.18. The fraction of sp³-hybridized carbons (Fsp3) is 0.556. The van der Waals surface area contributed by atoms with E-state index in [1.165, 1.54) is 5.56 Å². The zero-order valence-corrected chi connectivity index (χ0v) is 7.55. The third-order valence-electron chi connectivity index (χ3n) is 1.76. The largest absolute Gasteiger partial charge is 0.156 e. The summed E-state index contributed by atoms with van der Waals surface area (Å²) in [4.78, 5) is 0. The van der Waals surface area contributed by atoms with Crippen molar-refractivity contribution in [2.45, 2.75) is 33.6 Å². The standard InChI is InChI=1S/C9H14N2/c1-6(2)9-5-7(3)10-11-8(9)4/h5-6H,1-4H3. The van der Waals surface area contributed by atoms with E-state index in [0.717, 1.165) is 11.4 Å². The summed E-state index contributed by atoms with van der Waals surface area (Å²) in [5.74, 6) is 0.546. The van der Waals surface area contributed by atoms with Gasteiger partial charge in [0.25, 0.3) is 0 Å². The van der Waals surface area contributed by atoms with E-state index in [2.05, 4.69) is 30.1 Å². The van der Waals surface area contributed by atoms with Gasteiger partial charge in [0, 0.05) is 0 Å². The van der Waals surface area contributed by atoms with Gasteiger partial charge in [-0.2, -0.15) is 10.2 Å².